The Hall–Kier alpha value is -3.44. The summed E-state index contributed by atoms with van der Waals surface area (Å²) in [5.74, 6) is 0.467. The lowest BCUT2D eigenvalue weighted by Gasteiger charge is -2.09. The third-order valence-corrected chi connectivity index (χ3v) is 5.50. The largest absolute Gasteiger partial charge is 0.346 e. The average Bonchev–Trinajstić information content (AvgIpc) is 3.07. The molecule has 0 aliphatic heterocycles. The van der Waals surface area contributed by atoms with Gasteiger partial charge in [-0.05, 0) is 47.4 Å². The number of Topliss-reactive ketones (excluding diaryl/α,β-unsaturated/α-hetero) is 1. The molecule has 0 fully saturated rings. The molecule has 4 aromatic rings. The second-order valence-electron chi connectivity index (χ2n) is 7.39. The van der Waals surface area contributed by atoms with Crippen molar-refractivity contribution in [2.45, 2.75) is 19.4 Å². The van der Waals surface area contributed by atoms with Crippen LogP contribution in [0.5, 0.6) is 0 Å². The minimum Gasteiger partial charge on any atom is -0.298 e. The van der Waals surface area contributed by atoms with Crippen molar-refractivity contribution in [2.75, 3.05) is 0 Å². The standard InChI is InChI=1S/C25H22ClN3O2/c1-28-24(20-11-14-21(26)15-12-20)27-29(25(28)31)17-22(30)16-13-19-9-5-6-10-23(19)18-7-3-2-4-8-18/h2-12,14-15H,13,16-17H2,1H3. The summed E-state index contributed by atoms with van der Waals surface area (Å²) in [5.41, 5.74) is 3.81. The highest BCUT2D eigenvalue weighted by atomic mass is 35.5. The number of carbonyl (C=O) groups is 1. The van der Waals surface area contributed by atoms with Crippen LogP contribution in [0.4, 0.5) is 0 Å². The van der Waals surface area contributed by atoms with Gasteiger partial charge in [-0.1, -0.05) is 66.2 Å². The first-order valence-corrected chi connectivity index (χ1v) is 10.5. The van der Waals surface area contributed by atoms with E-state index >= 15 is 0 Å². The number of benzene rings is 3. The van der Waals surface area contributed by atoms with Crippen molar-refractivity contribution in [3.63, 3.8) is 0 Å². The summed E-state index contributed by atoms with van der Waals surface area (Å²) in [7, 11) is 1.65. The molecule has 156 valence electrons. The molecular weight excluding hydrogens is 410 g/mol. The summed E-state index contributed by atoms with van der Waals surface area (Å²) in [5, 5.41) is 4.98. The van der Waals surface area contributed by atoms with Gasteiger partial charge in [0.05, 0.1) is 0 Å². The zero-order valence-corrected chi connectivity index (χ0v) is 17.9. The van der Waals surface area contributed by atoms with E-state index in [2.05, 4.69) is 23.3 Å². The molecule has 4 rings (SSSR count). The number of aryl methyl sites for hydroxylation is 1. The molecule has 31 heavy (non-hydrogen) atoms. The fourth-order valence-electron chi connectivity index (χ4n) is 3.60. The highest BCUT2D eigenvalue weighted by molar-refractivity contribution is 6.30. The smallest absolute Gasteiger partial charge is 0.298 e. The van der Waals surface area contributed by atoms with Crippen molar-refractivity contribution < 1.29 is 4.79 Å². The number of rotatable bonds is 7. The van der Waals surface area contributed by atoms with Crippen LogP contribution in [0, 0.1) is 0 Å². The molecule has 0 spiro atoms. The number of nitrogens with zero attached hydrogens (tertiary/aromatic N) is 3. The van der Waals surface area contributed by atoms with Gasteiger partial charge in [0.1, 0.15) is 6.54 Å². The minimum atomic E-state index is -0.317. The maximum atomic E-state index is 12.7. The maximum absolute atomic E-state index is 12.7. The summed E-state index contributed by atoms with van der Waals surface area (Å²) in [6, 6.07) is 25.3. The van der Waals surface area contributed by atoms with Crippen molar-refractivity contribution in [2.24, 2.45) is 7.05 Å². The van der Waals surface area contributed by atoms with Crippen LogP contribution in [0.3, 0.4) is 0 Å². The maximum Gasteiger partial charge on any atom is 0.346 e. The molecule has 0 radical (unpaired) electrons. The van der Waals surface area contributed by atoms with Crippen LogP contribution in [0.2, 0.25) is 5.02 Å². The Bertz CT molecular complexity index is 1260. The van der Waals surface area contributed by atoms with Crippen molar-refractivity contribution in [3.8, 4) is 22.5 Å². The molecule has 0 saturated carbocycles. The molecule has 0 atom stereocenters. The number of ketones is 1. The molecule has 0 aliphatic rings. The van der Waals surface area contributed by atoms with Crippen LogP contribution in [-0.4, -0.2) is 20.1 Å². The van der Waals surface area contributed by atoms with E-state index in [9.17, 15) is 9.59 Å². The van der Waals surface area contributed by atoms with Crippen molar-refractivity contribution >= 4 is 17.4 Å². The van der Waals surface area contributed by atoms with E-state index in [4.69, 9.17) is 11.6 Å². The van der Waals surface area contributed by atoms with Gasteiger partial charge in [0.25, 0.3) is 0 Å². The highest BCUT2D eigenvalue weighted by Gasteiger charge is 2.15. The third kappa shape index (κ3) is 4.67. The zero-order chi connectivity index (χ0) is 21.8. The van der Waals surface area contributed by atoms with E-state index in [-0.39, 0.29) is 18.0 Å². The molecule has 0 aliphatic carbocycles. The number of carbonyl (C=O) groups excluding carboxylic acids is 1. The molecule has 5 nitrogen and oxygen atoms in total. The van der Waals surface area contributed by atoms with E-state index in [1.54, 1.807) is 31.3 Å². The third-order valence-electron chi connectivity index (χ3n) is 5.24. The lowest BCUT2D eigenvalue weighted by Crippen LogP contribution is -2.26. The van der Waals surface area contributed by atoms with Gasteiger partial charge in [0, 0.05) is 24.1 Å². The van der Waals surface area contributed by atoms with Gasteiger partial charge in [-0.25, -0.2) is 9.48 Å². The van der Waals surface area contributed by atoms with E-state index in [0.29, 0.717) is 23.7 Å². The van der Waals surface area contributed by atoms with E-state index in [1.807, 2.05) is 36.4 Å². The Kier molecular flexibility index (Phi) is 6.14. The minimum absolute atomic E-state index is 0.0364. The molecule has 0 N–H and O–H groups in total. The van der Waals surface area contributed by atoms with E-state index < -0.39 is 0 Å². The van der Waals surface area contributed by atoms with E-state index in [0.717, 1.165) is 22.3 Å². The monoisotopic (exact) mass is 431 g/mol. The summed E-state index contributed by atoms with van der Waals surface area (Å²) >= 11 is 5.94. The lowest BCUT2D eigenvalue weighted by molar-refractivity contribution is -0.119. The fraction of sp³-hybridized carbons (Fsp3) is 0.160. The fourth-order valence-corrected chi connectivity index (χ4v) is 3.73. The molecule has 3 aromatic carbocycles. The summed E-state index contributed by atoms with van der Waals surface area (Å²) in [6.07, 6.45) is 0.943. The normalized spacial score (nSPS) is 10.9. The molecule has 1 aromatic heterocycles. The van der Waals surface area contributed by atoms with Crippen LogP contribution in [0.1, 0.15) is 12.0 Å². The predicted octanol–water partition coefficient (Wildman–Crippen LogP) is 4.77. The summed E-state index contributed by atoms with van der Waals surface area (Å²) in [6.45, 7) is -0.0479. The molecule has 6 heteroatoms. The highest BCUT2D eigenvalue weighted by Crippen LogP contribution is 2.24. The van der Waals surface area contributed by atoms with Gasteiger partial charge in [-0.2, -0.15) is 0 Å². The molecule has 0 bridgehead atoms. The predicted molar refractivity (Wildman–Crippen MR) is 123 cm³/mol. The number of hydrogen-bond donors (Lipinski definition) is 0. The Balaban J connectivity index is 1.48. The van der Waals surface area contributed by atoms with Gasteiger partial charge < -0.3 is 0 Å². The van der Waals surface area contributed by atoms with Gasteiger partial charge in [-0.3, -0.25) is 9.36 Å². The average molecular weight is 432 g/mol. The Morgan fingerprint density at radius 2 is 1.58 bits per heavy atom. The first-order chi connectivity index (χ1) is 15.0. The van der Waals surface area contributed by atoms with Crippen molar-refractivity contribution in [1.29, 1.82) is 0 Å². The molecule has 0 saturated heterocycles. The van der Waals surface area contributed by atoms with Gasteiger partial charge in [0.15, 0.2) is 11.6 Å². The van der Waals surface area contributed by atoms with Gasteiger partial charge in [0.2, 0.25) is 0 Å². The number of halogens is 1. The second kappa shape index (κ2) is 9.14. The Labute approximate surface area is 185 Å². The summed E-state index contributed by atoms with van der Waals surface area (Å²) < 4.78 is 2.68. The lowest BCUT2D eigenvalue weighted by atomic mass is 9.96. The van der Waals surface area contributed by atoms with Crippen LogP contribution in [0.15, 0.2) is 83.7 Å². The quantitative estimate of drug-likeness (QED) is 0.423. The van der Waals surface area contributed by atoms with Crippen molar-refractivity contribution in [3.05, 3.63) is 99.9 Å². The SMILES string of the molecule is Cn1c(-c2ccc(Cl)cc2)nn(CC(=O)CCc2ccccc2-c2ccccc2)c1=O. The van der Waals surface area contributed by atoms with Crippen LogP contribution in [-0.2, 0) is 24.8 Å². The molecule has 0 amide bonds. The molecule has 0 unspecified atom stereocenters. The van der Waals surface area contributed by atoms with E-state index in [1.165, 1.54) is 9.25 Å². The van der Waals surface area contributed by atoms with Crippen LogP contribution in [0.25, 0.3) is 22.5 Å². The van der Waals surface area contributed by atoms with Crippen LogP contribution >= 0.6 is 11.6 Å². The first-order valence-electron chi connectivity index (χ1n) is 10.1. The Morgan fingerprint density at radius 1 is 0.903 bits per heavy atom. The molecular formula is C25H22ClN3O2. The molecule has 1 heterocycles. The Morgan fingerprint density at radius 3 is 2.32 bits per heavy atom. The number of hydrogen-bond acceptors (Lipinski definition) is 3. The second-order valence-corrected chi connectivity index (χ2v) is 7.83. The van der Waals surface area contributed by atoms with Crippen molar-refractivity contribution in [1.82, 2.24) is 14.3 Å². The summed E-state index contributed by atoms with van der Waals surface area (Å²) in [4.78, 5) is 25.2. The topological polar surface area (TPSA) is 56.9 Å². The first kappa shape index (κ1) is 20.8. The zero-order valence-electron chi connectivity index (χ0n) is 17.2. The van der Waals surface area contributed by atoms with Gasteiger partial charge in [-0.15, -0.1) is 5.10 Å². The van der Waals surface area contributed by atoms with Crippen LogP contribution < -0.4 is 5.69 Å². The number of aromatic nitrogens is 3. The van der Waals surface area contributed by atoms with Gasteiger partial charge >= 0.3 is 5.69 Å².